The molecule has 0 aliphatic heterocycles. The van der Waals surface area contributed by atoms with Crippen molar-refractivity contribution in [2.45, 2.75) is 96.1 Å². The Bertz CT molecular complexity index is 491. The van der Waals surface area contributed by atoms with Gasteiger partial charge in [0.15, 0.2) is 0 Å². The maximum Gasteiger partial charge on any atom is 0.317 e. The van der Waals surface area contributed by atoms with E-state index in [9.17, 15) is 18.0 Å². The lowest BCUT2D eigenvalue weighted by Gasteiger charge is -2.09. The zero-order chi connectivity index (χ0) is 19.8. The van der Waals surface area contributed by atoms with Gasteiger partial charge in [0.25, 0.3) is 8.87 Å². The number of hydrogen-bond donors (Lipinski definition) is 1. The van der Waals surface area contributed by atoms with Crippen molar-refractivity contribution < 1.29 is 23.1 Å². The van der Waals surface area contributed by atoms with Crippen molar-refractivity contribution in [3.05, 3.63) is 0 Å². The second-order valence-electron chi connectivity index (χ2n) is 6.45. The number of carbonyl (C=O) groups is 2. The number of hydrogen-bond acceptors (Lipinski definition) is 6. The first-order valence-corrected chi connectivity index (χ1v) is 13.5. The van der Waals surface area contributed by atoms with E-state index < -0.39 is 24.5 Å². The molecule has 1 atom stereocenters. The van der Waals surface area contributed by atoms with Crippen LogP contribution in [0, 0.1) is 0 Å². The summed E-state index contributed by atoms with van der Waals surface area (Å²) in [5, 5.41) is 7.95. The van der Waals surface area contributed by atoms with Crippen molar-refractivity contribution >= 4 is 41.8 Å². The molecule has 0 aromatic carbocycles. The SMILES string of the molecule is CCCCCCCCCCCCSC(=O)S(=O)(=O)SC(CCC)C(=O)O. The maximum atomic E-state index is 12.0. The number of thioether (sulfide) groups is 1. The predicted molar refractivity (Wildman–Crippen MR) is 113 cm³/mol. The predicted octanol–water partition coefficient (Wildman–Crippen LogP) is 6.08. The number of unbranched alkanes of at least 4 members (excludes halogenated alkanes) is 9. The molecule has 0 spiro atoms. The van der Waals surface area contributed by atoms with Crippen LogP contribution in [-0.4, -0.2) is 34.9 Å². The fourth-order valence-corrected chi connectivity index (χ4v) is 7.10. The first-order valence-electron chi connectivity index (χ1n) is 9.68. The Morgan fingerprint density at radius 1 is 0.846 bits per heavy atom. The van der Waals surface area contributed by atoms with Gasteiger partial charge in [0, 0.05) is 5.75 Å². The quantitative estimate of drug-likeness (QED) is 0.236. The van der Waals surface area contributed by atoms with Gasteiger partial charge in [0.1, 0.15) is 5.25 Å². The molecule has 1 unspecified atom stereocenters. The van der Waals surface area contributed by atoms with E-state index in [0.29, 0.717) is 12.2 Å². The number of aliphatic carboxylic acids is 1. The molecular weight excluding hydrogens is 392 g/mol. The Kier molecular flexibility index (Phi) is 15.7. The van der Waals surface area contributed by atoms with E-state index in [-0.39, 0.29) is 17.2 Å². The van der Waals surface area contributed by atoms with Gasteiger partial charge in [-0.15, -0.1) is 0 Å². The molecule has 1 N–H and O–H groups in total. The molecule has 8 heteroatoms. The van der Waals surface area contributed by atoms with E-state index >= 15 is 0 Å². The van der Waals surface area contributed by atoms with Gasteiger partial charge in [0.2, 0.25) is 0 Å². The van der Waals surface area contributed by atoms with Crippen LogP contribution in [0.1, 0.15) is 90.9 Å². The van der Waals surface area contributed by atoms with Crippen molar-refractivity contribution in [1.82, 2.24) is 0 Å². The molecule has 154 valence electrons. The van der Waals surface area contributed by atoms with Gasteiger partial charge in [-0.2, -0.15) is 0 Å². The van der Waals surface area contributed by atoms with E-state index in [1.54, 1.807) is 6.92 Å². The lowest BCUT2D eigenvalue weighted by atomic mass is 10.1. The average Bonchev–Trinajstić information content (AvgIpc) is 2.58. The molecule has 5 nitrogen and oxygen atoms in total. The fraction of sp³-hybridized carbons (Fsp3) is 0.889. The Balaban J connectivity index is 3.85. The molecule has 0 aliphatic rings. The lowest BCUT2D eigenvalue weighted by molar-refractivity contribution is -0.136. The maximum absolute atomic E-state index is 12.0. The topological polar surface area (TPSA) is 88.5 Å². The van der Waals surface area contributed by atoms with Crippen LogP contribution in [0.2, 0.25) is 0 Å². The molecule has 0 aromatic heterocycles. The second-order valence-corrected chi connectivity index (χ2v) is 11.7. The van der Waals surface area contributed by atoms with Gasteiger partial charge in [-0.25, -0.2) is 8.42 Å². The minimum Gasteiger partial charge on any atom is -0.480 e. The van der Waals surface area contributed by atoms with Crippen LogP contribution in [0.5, 0.6) is 0 Å². The van der Waals surface area contributed by atoms with Crippen LogP contribution in [0.25, 0.3) is 0 Å². The number of carbonyl (C=O) groups excluding carboxylic acids is 1. The number of rotatable bonds is 16. The summed E-state index contributed by atoms with van der Waals surface area (Å²) in [4.78, 5) is 22.9. The molecule has 0 aromatic rings. The molecule has 0 amide bonds. The van der Waals surface area contributed by atoms with Crippen molar-refractivity contribution in [2.75, 3.05) is 5.75 Å². The number of carboxylic acids is 1. The molecule has 0 rings (SSSR count). The van der Waals surface area contributed by atoms with Crippen LogP contribution in [0.4, 0.5) is 4.79 Å². The summed E-state index contributed by atoms with van der Waals surface area (Å²) < 4.78 is 23.0. The van der Waals surface area contributed by atoms with Gasteiger partial charge in [-0.05, 0) is 23.6 Å². The molecule has 0 fully saturated rings. The molecule has 0 bridgehead atoms. The standard InChI is InChI=1S/C18H34O5S3/c1-3-5-6-7-8-9-10-11-12-13-15-24-18(21)26(22,23)25-16(14-4-2)17(19)20/h16H,3-15H2,1-2H3,(H,19,20). The van der Waals surface area contributed by atoms with Crippen molar-refractivity contribution in [2.24, 2.45) is 0 Å². The largest absolute Gasteiger partial charge is 0.480 e. The fourth-order valence-electron chi connectivity index (χ4n) is 2.48. The minimum atomic E-state index is -4.08. The van der Waals surface area contributed by atoms with Gasteiger partial charge < -0.3 is 5.11 Å². The Morgan fingerprint density at radius 2 is 1.35 bits per heavy atom. The summed E-state index contributed by atoms with van der Waals surface area (Å²) in [6.07, 6.45) is 12.6. The Hall–Kier alpha value is -0.210. The highest BCUT2D eigenvalue weighted by Crippen LogP contribution is 2.29. The van der Waals surface area contributed by atoms with Crippen LogP contribution in [0.3, 0.4) is 0 Å². The van der Waals surface area contributed by atoms with Crippen LogP contribution in [0.15, 0.2) is 0 Å². The number of carboxylic acid groups (broad SMARTS) is 1. The van der Waals surface area contributed by atoms with E-state index in [1.807, 2.05) is 0 Å². The molecular formula is C18H34O5S3. The second kappa shape index (κ2) is 15.8. The van der Waals surface area contributed by atoms with Crippen molar-refractivity contribution in [1.29, 1.82) is 0 Å². The highest BCUT2D eigenvalue weighted by atomic mass is 33.1. The van der Waals surface area contributed by atoms with E-state index in [4.69, 9.17) is 5.11 Å². The zero-order valence-electron chi connectivity index (χ0n) is 16.1. The summed E-state index contributed by atoms with van der Waals surface area (Å²) in [6, 6.07) is 0. The van der Waals surface area contributed by atoms with Crippen LogP contribution in [-0.2, 0) is 13.7 Å². The van der Waals surface area contributed by atoms with Gasteiger partial charge >= 0.3 is 10.4 Å². The summed E-state index contributed by atoms with van der Waals surface area (Å²) >= 11 is 0.792. The minimum absolute atomic E-state index is 0.232. The summed E-state index contributed by atoms with van der Waals surface area (Å²) in [7, 11) is -3.81. The average molecular weight is 427 g/mol. The zero-order valence-corrected chi connectivity index (χ0v) is 18.5. The molecule has 0 heterocycles. The van der Waals surface area contributed by atoms with Crippen LogP contribution < -0.4 is 0 Å². The molecule has 0 radical (unpaired) electrons. The normalized spacial score (nSPS) is 12.8. The molecule has 0 aliphatic carbocycles. The highest BCUT2D eigenvalue weighted by molar-refractivity contribution is 8.81. The molecule has 0 saturated carbocycles. The Morgan fingerprint density at radius 3 is 1.81 bits per heavy atom. The highest BCUT2D eigenvalue weighted by Gasteiger charge is 2.31. The third kappa shape index (κ3) is 13.0. The van der Waals surface area contributed by atoms with Crippen molar-refractivity contribution in [3.63, 3.8) is 0 Å². The summed E-state index contributed by atoms with van der Waals surface area (Å²) in [5.74, 6) is -0.714. The van der Waals surface area contributed by atoms with E-state index in [2.05, 4.69) is 6.92 Å². The third-order valence-electron chi connectivity index (χ3n) is 3.99. The Labute approximate surface area is 166 Å². The van der Waals surface area contributed by atoms with Gasteiger partial charge in [-0.3, -0.25) is 9.59 Å². The third-order valence-corrected chi connectivity index (χ3v) is 9.29. The van der Waals surface area contributed by atoms with Gasteiger partial charge in [-0.1, -0.05) is 89.8 Å². The molecule has 26 heavy (non-hydrogen) atoms. The van der Waals surface area contributed by atoms with Gasteiger partial charge in [0.05, 0.1) is 0 Å². The first-order chi connectivity index (χ1) is 12.3. The summed E-state index contributed by atoms with van der Waals surface area (Å²) in [6.45, 7) is 3.99. The first kappa shape index (κ1) is 25.8. The van der Waals surface area contributed by atoms with E-state index in [0.717, 1.165) is 31.0 Å². The molecule has 0 saturated heterocycles. The van der Waals surface area contributed by atoms with Crippen molar-refractivity contribution in [3.8, 4) is 0 Å². The smallest absolute Gasteiger partial charge is 0.317 e. The summed E-state index contributed by atoms with van der Waals surface area (Å²) in [5.41, 5.74) is 0. The monoisotopic (exact) mass is 426 g/mol. The lowest BCUT2D eigenvalue weighted by Crippen LogP contribution is -2.20. The van der Waals surface area contributed by atoms with E-state index in [1.165, 1.54) is 44.9 Å². The van der Waals surface area contributed by atoms with Crippen LogP contribution >= 0.6 is 22.6 Å².